The molecule has 1 aliphatic carbocycles. The largest absolute Gasteiger partial charge is 0.435 e. The molecule has 4 rings (SSSR count). The molecule has 196 valence electrons. The minimum absolute atomic E-state index is 0.142. The van der Waals surface area contributed by atoms with Gasteiger partial charge in [0.2, 0.25) is 5.92 Å². The topological polar surface area (TPSA) is 80.5 Å². The normalized spacial score (nSPS) is 22.2. The number of ether oxygens (including phenoxy) is 1. The fourth-order valence-corrected chi connectivity index (χ4v) is 4.93. The summed E-state index contributed by atoms with van der Waals surface area (Å²) in [6, 6.07) is 2.86. The smallest absolute Gasteiger partial charge is 0.387 e. The summed E-state index contributed by atoms with van der Waals surface area (Å²) >= 11 is 0. The van der Waals surface area contributed by atoms with Gasteiger partial charge in [-0.25, -0.2) is 13.2 Å². The summed E-state index contributed by atoms with van der Waals surface area (Å²) in [4.78, 5) is 19.6. The van der Waals surface area contributed by atoms with Gasteiger partial charge in [0.25, 0.3) is 5.91 Å². The van der Waals surface area contributed by atoms with Gasteiger partial charge in [0.05, 0.1) is 11.3 Å². The number of nitrogens with zero attached hydrogens (tertiary/aromatic N) is 2. The van der Waals surface area contributed by atoms with Crippen LogP contribution in [0, 0.1) is 12.7 Å². The number of aryl methyl sites for hydroxylation is 1. The monoisotopic (exact) mass is 512 g/mol. The molecular weight excluding hydrogens is 483 g/mol. The number of nitrogens with two attached hydrogens (primary N) is 1. The highest BCUT2D eigenvalue weighted by Gasteiger charge is 2.37. The van der Waals surface area contributed by atoms with Crippen LogP contribution in [0.4, 0.5) is 27.6 Å². The summed E-state index contributed by atoms with van der Waals surface area (Å²) in [7, 11) is 0. The van der Waals surface area contributed by atoms with Crippen LogP contribution in [-0.2, 0) is 0 Å². The second-order valence-corrected chi connectivity index (χ2v) is 9.96. The lowest BCUT2D eigenvalue weighted by Crippen LogP contribution is -2.42. The first-order chi connectivity index (χ1) is 16.8. The van der Waals surface area contributed by atoms with Gasteiger partial charge in [0.15, 0.2) is 0 Å². The van der Waals surface area contributed by atoms with E-state index in [4.69, 9.17) is 5.73 Å². The van der Waals surface area contributed by atoms with Crippen molar-refractivity contribution < 1.29 is 31.5 Å². The van der Waals surface area contributed by atoms with E-state index in [1.54, 1.807) is 6.92 Å². The minimum Gasteiger partial charge on any atom is -0.435 e. The van der Waals surface area contributed by atoms with Crippen molar-refractivity contribution in [2.24, 2.45) is 5.73 Å². The van der Waals surface area contributed by atoms with Gasteiger partial charge < -0.3 is 20.7 Å². The van der Waals surface area contributed by atoms with E-state index < -0.39 is 35.8 Å². The van der Waals surface area contributed by atoms with E-state index in [2.05, 4.69) is 15.0 Å². The second kappa shape index (κ2) is 9.84. The standard InChI is InChI=1S/C25H29F5N4O2/c1-14-20(15-9-16(26)11-18(10-15)36-23(27)28)21(34-8-7-24(2,31)13-34)19(12-32-14)22(35)33-17-3-5-25(29,30)6-4-17/h9-12,17,23H,3-8,13,31H2,1-2H3,(H,33,35). The number of aromatic nitrogens is 1. The van der Waals surface area contributed by atoms with Crippen LogP contribution in [0.3, 0.4) is 0 Å². The van der Waals surface area contributed by atoms with Crippen molar-refractivity contribution in [1.29, 1.82) is 0 Å². The lowest BCUT2D eigenvalue weighted by atomic mass is 9.92. The maximum atomic E-state index is 14.4. The third-order valence-electron chi connectivity index (χ3n) is 6.74. The number of nitrogens with one attached hydrogen (secondary N) is 1. The van der Waals surface area contributed by atoms with E-state index >= 15 is 0 Å². The zero-order valence-corrected chi connectivity index (χ0v) is 20.1. The van der Waals surface area contributed by atoms with Gasteiger partial charge in [0.1, 0.15) is 11.6 Å². The lowest BCUT2D eigenvalue weighted by molar-refractivity contribution is -0.0499. The van der Waals surface area contributed by atoms with Crippen molar-refractivity contribution in [1.82, 2.24) is 10.3 Å². The van der Waals surface area contributed by atoms with E-state index in [1.807, 2.05) is 11.8 Å². The number of hydrogen-bond acceptors (Lipinski definition) is 5. The van der Waals surface area contributed by atoms with Crippen molar-refractivity contribution in [3.05, 3.63) is 41.5 Å². The molecule has 1 unspecified atom stereocenters. The number of benzene rings is 1. The van der Waals surface area contributed by atoms with Gasteiger partial charge in [-0.05, 0) is 50.8 Å². The minimum atomic E-state index is -3.14. The van der Waals surface area contributed by atoms with Gasteiger partial charge in [-0.15, -0.1) is 0 Å². The molecule has 0 spiro atoms. The molecule has 1 atom stereocenters. The number of rotatable bonds is 6. The number of amides is 1. The highest BCUT2D eigenvalue weighted by molar-refractivity contribution is 6.04. The summed E-state index contributed by atoms with van der Waals surface area (Å²) in [6.45, 7) is 1.28. The number of hydrogen-bond donors (Lipinski definition) is 2. The Morgan fingerprint density at radius 3 is 2.53 bits per heavy atom. The van der Waals surface area contributed by atoms with Crippen LogP contribution in [0.15, 0.2) is 24.4 Å². The Morgan fingerprint density at radius 1 is 1.22 bits per heavy atom. The zero-order valence-electron chi connectivity index (χ0n) is 20.1. The molecular formula is C25H29F5N4O2. The van der Waals surface area contributed by atoms with Crippen LogP contribution < -0.4 is 20.7 Å². The van der Waals surface area contributed by atoms with Gasteiger partial charge >= 0.3 is 6.61 Å². The molecule has 3 N–H and O–H groups in total. The SMILES string of the molecule is Cc1ncc(C(=O)NC2CCC(F)(F)CC2)c(N2CCC(C)(N)C2)c1-c1cc(F)cc(OC(F)F)c1. The number of carbonyl (C=O) groups excluding carboxylic acids is 1. The summed E-state index contributed by atoms with van der Waals surface area (Å²) in [5.41, 5.74) is 7.44. The average molecular weight is 513 g/mol. The Balaban J connectivity index is 1.77. The molecule has 2 aromatic rings. The zero-order chi connectivity index (χ0) is 26.3. The van der Waals surface area contributed by atoms with E-state index in [-0.39, 0.29) is 42.6 Å². The Kier molecular flexibility index (Phi) is 7.14. The lowest BCUT2D eigenvalue weighted by Gasteiger charge is -2.30. The number of pyridine rings is 1. The van der Waals surface area contributed by atoms with Gasteiger partial charge in [-0.1, -0.05) is 0 Å². The molecule has 1 aromatic carbocycles. The van der Waals surface area contributed by atoms with Crippen molar-refractivity contribution in [3.63, 3.8) is 0 Å². The quantitative estimate of drug-likeness (QED) is 0.531. The highest BCUT2D eigenvalue weighted by Crippen LogP contribution is 2.41. The molecule has 1 saturated heterocycles. The first-order valence-corrected chi connectivity index (χ1v) is 11.8. The highest BCUT2D eigenvalue weighted by atomic mass is 19.3. The molecule has 2 fully saturated rings. The first-order valence-electron chi connectivity index (χ1n) is 11.8. The van der Waals surface area contributed by atoms with E-state index in [0.717, 1.165) is 12.1 Å². The molecule has 36 heavy (non-hydrogen) atoms. The molecule has 2 aliphatic rings. The van der Waals surface area contributed by atoms with Crippen LogP contribution in [0.5, 0.6) is 5.75 Å². The summed E-state index contributed by atoms with van der Waals surface area (Å²) in [6.07, 6.45) is 1.68. The summed E-state index contributed by atoms with van der Waals surface area (Å²) < 4.78 is 71.7. The van der Waals surface area contributed by atoms with Crippen LogP contribution in [-0.4, -0.2) is 48.1 Å². The van der Waals surface area contributed by atoms with Gasteiger partial charge in [0, 0.05) is 61.0 Å². The molecule has 1 saturated carbocycles. The number of alkyl halides is 4. The van der Waals surface area contributed by atoms with Gasteiger partial charge in [-0.3, -0.25) is 9.78 Å². The molecule has 1 amide bonds. The van der Waals surface area contributed by atoms with Crippen LogP contribution in [0.1, 0.15) is 55.1 Å². The predicted molar refractivity (Wildman–Crippen MR) is 125 cm³/mol. The van der Waals surface area contributed by atoms with E-state index in [1.165, 1.54) is 12.3 Å². The maximum Gasteiger partial charge on any atom is 0.387 e. The fraction of sp³-hybridized carbons (Fsp3) is 0.520. The van der Waals surface area contributed by atoms with Crippen LogP contribution in [0.25, 0.3) is 11.1 Å². The van der Waals surface area contributed by atoms with Crippen LogP contribution >= 0.6 is 0 Å². The van der Waals surface area contributed by atoms with E-state index in [9.17, 15) is 26.7 Å². The van der Waals surface area contributed by atoms with E-state index in [0.29, 0.717) is 36.5 Å². The van der Waals surface area contributed by atoms with Crippen molar-refractivity contribution in [2.75, 3.05) is 18.0 Å². The van der Waals surface area contributed by atoms with Gasteiger partial charge in [-0.2, -0.15) is 8.78 Å². The van der Waals surface area contributed by atoms with Crippen LogP contribution in [0.2, 0.25) is 0 Å². The summed E-state index contributed by atoms with van der Waals surface area (Å²) in [5.74, 6) is -4.40. The molecule has 6 nitrogen and oxygen atoms in total. The molecule has 0 radical (unpaired) electrons. The third kappa shape index (κ3) is 5.88. The molecule has 11 heteroatoms. The third-order valence-corrected chi connectivity index (χ3v) is 6.74. The Morgan fingerprint density at radius 2 is 1.92 bits per heavy atom. The van der Waals surface area contributed by atoms with Crippen molar-refractivity contribution in [2.45, 2.75) is 70.1 Å². The summed E-state index contributed by atoms with van der Waals surface area (Å²) in [5, 5.41) is 2.84. The number of anilines is 1. The molecule has 1 aromatic heterocycles. The molecule has 2 heterocycles. The Labute approximate surface area is 206 Å². The molecule has 1 aliphatic heterocycles. The average Bonchev–Trinajstić information content (AvgIpc) is 3.13. The maximum absolute atomic E-state index is 14.4. The van der Waals surface area contributed by atoms with Crippen molar-refractivity contribution in [3.8, 4) is 16.9 Å². The Bertz CT molecular complexity index is 1130. The number of carbonyl (C=O) groups is 1. The van der Waals surface area contributed by atoms with Crippen molar-refractivity contribution >= 4 is 11.6 Å². The Hall–Kier alpha value is -2.95. The first kappa shape index (κ1) is 26.1. The second-order valence-electron chi connectivity index (χ2n) is 9.96. The molecule has 0 bridgehead atoms. The fourth-order valence-electron chi connectivity index (χ4n) is 4.93. The number of halogens is 5. The predicted octanol–water partition coefficient (Wildman–Crippen LogP) is 5.03.